The number of hydrogen-bond donors (Lipinski definition) is 2. The highest BCUT2D eigenvalue weighted by molar-refractivity contribution is 7.94. The first kappa shape index (κ1) is 26.5. The van der Waals surface area contributed by atoms with Gasteiger partial charge in [-0.2, -0.15) is 0 Å². The number of ketones is 1. The molecule has 35 heavy (non-hydrogen) atoms. The fourth-order valence-corrected chi connectivity index (χ4v) is 4.74. The van der Waals surface area contributed by atoms with Gasteiger partial charge in [0.1, 0.15) is 11.9 Å². The first-order valence-electron chi connectivity index (χ1n) is 11.6. The predicted molar refractivity (Wildman–Crippen MR) is 136 cm³/mol. The highest BCUT2D eigenvalue weighted by atomic mass is 32.2. The van der Waals surface area contributed by atoms with E-state index in [4.69, 9.17) is 4.18 Å². The zero-order valence-corrected chi connectivity index (χ0v) is 21.0. The smallest absolute Gasteiger partial charge is 0.257 e. The Labute approximate surface area is 210 Å². The molecule has 1 aliphatic heterocycles. The summed E-state index contributed by atoms with van der Waals surface area (Å²) in [5.41, 5.74) is 2.67. The van der Waals surface area contributed by atoms with Gasteiger partial charge >= 0.3 is 0 Å². The summed E-state index contributed by atoms with van der Waals surface area (Å²) in [5.74, 6) is -2.21. The van der Waals surface area contributed by atoms with Crippen LogP contribution in [0.3, 0.4) is 0 Å². The Morgan fingerprint density at radius 1 is 1.29 bits per heavy atom. The van der Waals surface area contributed by atoms with E-state index in [0.29, 0.717) is 13.0 Å². The van der Waals surface area contributed by atoms with Gasteiger partial charge in [-0.3, -0.25) is 9.59 Å². The molecule has 2 aromatic rings. The molecule has 2 aromatic carbocycles. The minimum absolute atomic E-state index is 0.100. The summed E-state index contributed by atoms with van der Waals surface area (Å²) in [6.07, 6.45) is 2.80. The van der Waals surface area contributed by atoms with Crippen molar-refractivity contribution in [1.29, 1.82) is 0 Å². The van der Waals surface area contributed by atoms with E-state index in [0.717, 1.165) is 34.9 Å². The molecule has 2 N–H and O–H groups in total. The molecule has 1 heterocycles. The molecule has 0 bridgehead atoms. The van der Waals surface area contributed by atoms with Crippen LogP contribution in [0.2, 0.25) is 0 Å². The molecule has 0 aliphatic carbocycles. The van der Waals surface area contributed by atoms with Crippen LogP contribution in [0.4, 0.5) is 4.39 Å². The second-order valence-electron chi connectivity index (χ2n) is 8.38. The Bertz CT molecular complexity index is 1100. The number of amides is 1. The normalized spacial score (nSPS) is 19.7. The number of aryl methyl sites for hydroxylation is 1. The van der Waals surface area contributed by atoms with E-state index in [1.54, 1.807) is 18.0 Å². The number of carbonyl (C=O) groups excluding carboxylic acids is 2. The van der Waals surface area contributed by atoms with E-state index in [-0.39, 0.29) is 29.6 Å². The topological polar surface area (TPSA) is 78.9 Å². The van der Waals surface area contributed by atoms with Crippen molar-refractivity contribution < 1.29 is 23.3 Å². The van der Waals surface area contributed by atoms with Crippen molar-refractivity contribution in [3.05, 3.63) is 94.6 Å². The van der Waals surface area contributed by atoms with Gasteiger partial charge in [0, 0.05) is 38.0 Å². The molecule has 6 nitrogen and oxygen atoms in total. The molecular weight excluding hydrogens is 467 g/mol. The maximum absolute atomic E-state index is 14.2. The Morgan fingerprint density at radius 3 is 2.69 bits per heavy atom. The Kier molecular flexibility index (Phi) is 9.51. The molecule has 186 valence electrons. The lowest BCUT2D eigenvalue weighted by Gasteiger charge is -2.32. The number of allylic oxidation sites excluding steroid dienone is 1. The highest BCUT2D eigenvalue weighted by Crippen LogP contribution is 2.34. The van der Waals surface area contributed by atoms with Crippen LogP contribution in [0, 0.1) is 12.7 Å². The third-order valence-corrected chi connectivity index (χ3v) is 6.42. The molecule has 2 atom stereocenters. The van der Waals surface area contributed by atoms with Crippen molar-refractivity contribution in [3.63, 3.8) is 0 Å². The third kappa shape index (κ3) is 6.74. The van der Waals surface area contributed by atoms with Gasteiger partial charge in [-0.25, -0.2) is 4.39 Å². The molecule has 1 amide bonds. The van der Waals surface area contributed by atoms with Gasteiger partial charge in [0.15, 0.2) is 5.76 Å². The minimum atomic E-state index is -0.746. The van der Waals surface area contributed by atoms with Crippen molar-refractivity contribution in [3.8, 4) is 0 Å². The minimum Gasteiger partial charge on any atom is -0.503 e. The predicted octanol–water partition coefficient (Wildman–Crippen LogP) is 4.67. The van der Waals surface area contributed by atoms with E-state index < -0.39 is 23.6 Å². The molecule has 1 aliphatic rings. The van der Waals surface area contributed by atoms with Crippen LogP contribution < -0.4 is 5.32 Å². The monoisotopic (exact) mass is 498 g/mol. The molecule has 0 saturated carbocycles. The first-order chi connectivity index (χ1) is 16.8. The van der Waals surface area contributed by atoms with Gasteiger partial charge in [0.05, 0.1) is 5.57 Å². The molecule has 2 unspecified atom stereocenters. The highest BCUT2D eigenvalue weighted by Gasteiger charge is 2.34. The second-order valence-corrected chi connectivity index (χ2v) is 9.14. The van der Waals surface area contributed by atoms with E-state index in [2.05, 4.69) is 5.32 Å². The summed E-state index contributed by atoms with van der Waals surface area (Å²) >= 11 is 1.13. The molecule has 8 heteroatoms. The quantitative estimate of drug-likeness (QED) is 0.238. The van der Waals surface area contributed by atoms with Crippen molar-refractivity contribution in [2.45, 2.75) is 32.3 Å². The number of carbonyl (C=O) groups is 2. The van der Waals surface area contributed by atoms with E-state index in [1.165, 1.54) is 18.2 Å². The van der Waals surface area contributed by atoms with Crippen LogP contribution in [-0.2, 0) is 13.8 Å². The number of nitrogens with zero attached hydrogens (tertiary/aromatic N) is 1. The largest absolute Gasteiger partial charge is 0.503 e. The molecular formula is C27H31FN2O4S. The molecule has 0 aromatic heterocycles. The lowest BCUT2D eigenvalue weighted by atomic mass is 9.85. The van der Waals surface area contributed by atoms with E-state index >= 15 is 0 Å². The van der Waals surface area contributed by atoms with Gasteiger partial charge in [0.25, 0.3) is 5.91 Å². The number of hydrogen-bond acceptors (Lipinski definition) is 6. The fourth-order valence-electron chi connectivity index (χ4n) is 4.08. The van der Waals surface area contributed by atoms with Gasteiger partial charge in [-0.1, -0.05) is 55.0 Å². The zero-order chi connectivity index (χ0) is 25.4. The number of aliphatic hydroxyl groups is 1. The third-order valence-electron chi connectivity index (χ3n) is 5.73. The maximum Gasteiger partial charge on any atom is 0.257 e. The average Bonchev–Trinajstić information content (AvgIpc) is 2.91. The lowest BCUT2D eigenvalue weighted by Crippen LogP contribution is -2.42. The molecule has 0 saturated heterocycles. The summed E-state index contributed by atoms with van der Waals surface area (Å²) < 4.78 is 20.5. The van der Waals surface area contributed by atoms with Crippen LogP contribution >= 0.6 is 12.0 Å². The van der Waals surface area contributed by atoms with Crippen LogP contribution in [0.25, 0.3) is 0 Å². The van der Waals surface area contributed by atoms with Crippen molar-refractivity contribution in [2.75, 3.05) is 25.9 Å². The van der Waals surface area contributed by atoms with Crippen molar-refractivity contribution in [2.24, 2.45) is 0 Å². The summed E-state index contributed by atoms with van der Waals surface area (Å²) in [6.45, 7) is 4.53. The molecule has 3 rings (SSSR count). The summed E-state index contributed by atoms with van der Waals surface area (Å²) in [6, 6.07) is 14.4. The van der Waals surface area contributed by atoms with Gasteiger partial charge in [-0.05, 0) is 48.6 Å². The Balaban J connectivity index is 2.02. The van der Waals surface area contributed by atoms with Gasteiger partial charge < -0.3 is 19.5 Å². The number of aliphatic hydroxyl groups excluding tert-OH is 1. The molecule has 0 fully saturated rings. The number of halogens is 1. The SMILES string of the molecule is CCCN1CC(C(c2ccc(C)cc2)c2cccc(F)c2)OSC/C=C(\C(=O)/C(O)=C\NC)C1=O. The second kappa shape index (κ2) is 12.6. The summed E-state index contributed by atoms with van der Waals surface area (Å²) in [4.78, 5) is 27.8. The van der Waals surface area contributed by atoms with Crippen LogP contribution in [0.5, 0.6) is 0 Å². The van der Waals surface area contributed by atoms with Gasteiger partial charge in [0.2, 0.25) is 5.78 Å². The van der Waals surface area contributed by atoms with Crippen LogP contribution in [0.1, 0.15) is 36.0 Å². The van der Waals surface area contributed by atoms with Crippen LogP contribution in [0.15, 0.2) is 72.1 Å². The Hall–Kier alpha value is -3.10. The van der Waals surface area contributed by atoms with Crippen molar-refractivity contribution >= 4 is 23.7 Å². The Morgan fingerprint density at radius 2 is 2.03 bits per heavy atom. The fraction of sp³-hybridized carbons (Fsp3) is 0.333. The van der Waals surface area contributed by atoms with Crippen LogP contribution in [-0.4, -0.2) is 53.7 Å². The molecule has 0 radical (unpaired) electrons. The summed E-state index contributed by atoms with van der Waals surface area (Å²) in [7, 11) is 1.55. The lowest BCUT2D eigenvalue weighted by molar-refractivity contribution is -0.130. The van der Waals surface area contributed by atoms with Crippen molar-refractivity contribution in [1.82, 2.24) is 10.2 Å². The number of nitrogens with one attached hydrogen (secondary N) is 1. The summed E-state index contributed by atoms with van der Waals surface area (Å²) in [5, 5.41) is 12.7. The average molecular weight is 499 g/mol. The zero-order valence-electron chi connectivity index (χ0n) is 20.2. The molecule has 0 spiro atoms. The number of Topliss-reactive ketones (excluding diaryl/α,β-unsaturated/α-hetero) is 1. The van der Waals surface area contributed by atoms with E-state index in [9.17, 15) is 19.1 Å². The first-order valence-corrected chi connectivity index (χ1v) is 12.5. The number of rotatable bonds is 8. The maximum atomic E-state index is 14.2. The standard InChI is InChI=1S/C27H31FN2O4S/c1-4-13-30-17-24(34-35-14-12-22(27(30)33)26(32)23(31)16-29-3)25(19-10-8-18(2)9-11-19)20-6-5-7-21(28)15-20/h5-12,15-16,24-25,29,31H,4,13-14,17H2,1-3H3/b22-12+,23-16+. The van der Waals surface area contributed by atoms with E-state index in [1.807, 2.05) is 44.2 Å². The number of benzene rings is 2. The van der Waals surface area contributed by atoms with Gasteiger partial charge in [-0.15, -0.1) is 0 Å².